The van der Waals surface area contributed by atoms with Gasteiger partial charge in [-0.2, -0.15) is 0 Å². The van der Waals surface area contributed by atoms with Crippen LogP contribution in [0.4, 0.5) is 4.39 Å². The third-order valence-electron chi connectivity index (χ3n) is 4.47. The highest BCUT2D eigenvalue weighted by Crippen LogP contribution is 2.31. The van der Waals surface area contributed by atoms with E-state index >= 15 is 0 Å². The van der Waals surface area contributed by atoms with Crippen LogP contribution in [0.25, 0.3) is 10.9 Å². The SMILES string of the molecule is CCOC(=O)CCCn1c2c(c3cc(F)ccc31)CN(C)CC2. The van der Waals surface area contributed by atoms with Crippen molar-refractivity contribution in [2.75, 3.05) is 20.2 Å². The number of aromatic nitrogens is 1. The topological polar surface area (TPSA) is 34.5 Å². The van der Waals surface area contributed by atoms with Gasteiger partial charge in [-0.15, -0.1) is 0 Å². The molecule has 0 bridgehead atoms. The van der Waals surface area contributed by atoms with Crippen molar-refractivity contribution in [3.05, 3.63) is 35.3 Å². The lowest BCUT2D eigenvalue weighted by molar-refractivity contribution is -0.143. The summed E-state index contributed by atoms with van der Waals surface area (Å²) in [7, 11) is 2.09. The van der Waals surface area contributed by atoms with Crippen LogP contribution in [0.1, 0.15) is 31.0 Å². The van der Waals surface area contributed by atoms with Gasteiger partial charge in [0, 0.05) is 49.1 Å². The highest BCUT2D eigenvalue weighted by atomic mass is 19.1. The Bertz CT molecular complexity index is 723. The Balaban J connectivity index is 1.89. The standard InChI is InChI=1S/C18H23FN2O2/c1-3-23-18(22)5-4-9-21-16-7-6-13(19)11-14(16)15-12-20(2)10-8-17(15)21/h6-7,11H,3-5,8-10,12H2,1-2H3. The molecule has 0 spiro atoms. The number of hydrogen-bond acceptors (Lipinski definition) is 3. The van der Waals surface area contributed by atoms with Crippen molar-refractivity contribution in [2.45, 2.75) is 39.3 Å². The van der Waals surface area contributed by atoms with Crippen molar-refractivity contribution in [2.24, 2.45) is 0 Å². The fourth-order valence-corrected chi connectivity index (χ4v) is 3.43. The first-order valence-electron chi connectivity index (χ1n) is 8.23. The first-order valence-corrected chi connectivity index (χ1v) is 8.23. The van der Waals surface area contributed by atoms with Crippen LogP contribution in [0.15, 0.2) is 18.2 Å². The van der Waals surface area contributed by atoms with Gasteiger partial charge < -0.3 is 14.2 Å². The Morgan fingerprint density at radius 2 is 2.22 bits per heavy atom. The van der Waals surface area contributed by atoms with Gasteiger partial charge in [-0.25, -0.2) is 4.39 Å². The summed E-state index contributed by atoms with van der Waals surface area (Å²) in [4.78, 5) is 13.8. The zero-order chi connectivity index (χ0) is 16.4. The molecule has 2 heterocycles. The van der Waals surface area contributed by atoms with E-state index in [0.29, 0.717) is 13.0 Å². The van der Waals surface area contributed by atoms with Gasteiger partial charge in [-0.1, -0.05) is 0 Å². The molecule has 1 aromatic heterocycles. The van der Waals surface area contributed by atoms with E-state index in [1.807, 2.05) is 13.0 Å². The van der Waals surface area contributed by atoms with Crippen LogP contribution in [0.3, 0.4) is 0 Å². The number of hydrogen-bond donors (Lipinski definition) is 0. The second kappa shape index (κ2) is 6.71. The van der Waals surface area contributed by atoms with Gasteiger partial charge >= 0.3 is 5.97 Å². The number of halogens is 1. The second-order valence-corrected chi connectivity index (χ2v) is 6.13. The number of aryl methyl sites for hydroxylation is 1. The molecule has 2 aromatic rings. The van der Waals surface area contributed by atoms with E-state index in [-0.39, 0.29) is 11.8 Å². The molecule has 124 valence electrons. The number of carbonyl (C=O) groups is 1. The largest absolute Gasteiger partial charge is 0.466 e. The van der Waals surface area contributed by atoms with Crippen molar-refractivity contribution in [3.8, 4) is 0 Å². The molecule has 0 fully saturated rings. The van der Waals surface area contributed by atoms with Crippen molar-refractivity contribution >= 4 is 16.9 Å². The molecule has 3 rings (SSSR count). The summed E-state index contributed by atoms with van der Waals surface area (Å²) in [5.41, 5.74) is 3.58. The lowest BCUT2D eigenvalue weighted by Crippen LogP contribution is -2.27. The molecule has 0 aliphatic carbocycles. The molecule has 4 nitrogen and oxygen atoms in total. The summed E-state index contributed by atoms with van der Waals surface area (Å²) in [5, 5.41) is 1.00. The number of likely N-dealkylation sites (N-methyl/N-ethyl adjacent to an activating group) is 1. The van der Waals surface area contributed by atoms with Crippen LogP contribution >= 0.6 is 0 Å². The Kier molecular flexibility index (Phi) is 4.66. The molecule has 0 saturated carbocycles. The second-order valence-electron chi connectivity index (χ2n) is 6.13. The van der Waals surface area contributed by atoms with Crippen LogP contribution in [0.5, 0.6) is 0 Å². The minimum absolute atomic E-state index is 0.149. The molecule has 0 unspecified atom stereocenters. The maximum atomic E-state index is 13.7. The number of carbonyl (C=O) groups excluding carboxylic acids is 1. The third-order valence-corrected chi connectivity index (χ3v) is 4.47. The van der Waals surface area contributed by atoms with Gasteiger partial charge in [0.2, 0.25) is 0 Å². The van der Waals surface area contributed by atoms with Crippen molar-refractivity contribution in [1.29, 1.82) is 0 Å². The minimum atomic E-state index is -0.197. The summed E-state index contributed by atoms with van der Waals surface area (Å²) in [5.74, 6) is -0.346. The van der Waals surface area contributed by atoms with E-state index in [1.54, 1.807) is 6.07 Å². The highest BCUT2D eigenvalue weighted by molar-refractivity contribution is 5.86. The monoisotopic (exact) mass is 318 g/mol. The van der Waals surface area contributed by atoms with E-state index in [1.165, 1.54) is 17.3 Å². The molecule has 5 heteroatoms. The van der Waals surface area contributed by atoms with E-state index < -0.39 is 0 Å². The molecular weight excluding hydrogens is 295 g/mol. The molecule has 0 saturated heterocycles. The number of nitrogens with zero attached hydrogens (tertiary/aromatic N) is 2. The first kappa shape index (κ1) is 16.0. The molecule has 0 atom stereocenters. The van der Waals surface area contributed by atoms with Crippen LogP contribution in [0, 0.1) is 5.82 Å². The van der Waals surface area contributed by atoms with Crippen molar-refractivity contribution in [1.82, 2.24) is 9.47 Å². The molecule has 0 amide bonds. The first-order chi connectivity index (χ1) is 11.1. The third kappa shape index (κ3) is 3.24. The van der Waals surface area contributed by atoms with E-state index in [4.69, 9.17) is 4.74 Å². The fraction of sp³-hybridized carbons (Fsp3) is 0.500. The number of fused-ring (bicyclic) bond motifs is 3. The average molecular weight is 318 g/mol. The van der Waals surface area contributed by atoms with Crippen LogP contribution in [0.2, 0.25) is 0 Å². The summed E-state index contributed by atoms with van der Waals surface area (Å²) >= 11 is 0. The van der Waals surface area contributed by atoms with Crippen LogP contribution in [-0.4, -0.2) is 35.6 Å². The fourth-order valence-electron chi connectivity index (χ4n) is 3.43. The summed E-state index contributed by atoms with van der Waals surface area (Å²) < 4.78 is 20.9. The van der Waals surface area contributed by atoms with E-state index in [9.17, 15) is 9.18 Å². The Morgan fingerprint density at radius 1 is 1.39 bits per heavy atom. The lowest BCUT2D eigenvalue weighted by atomic mass is 10.0. The average Bonchev–Trinajstić information content (AvgIpc) is 2.81. The minimum Gasteiger partial charge on any atom is -0.466 e. The van der Waals surface area contributed by atoms with Gasteiger partial charge in [-0.05, 0) is 44.2 Å². The van der Waals surface area contributed by atoms with Gasteiger partial charge in [0.05, 0.1) is 6.61 Å². The number of esters is 1. The van der Waals surface area contributed by atoms with Gasteiger partial charge in [0.1, 0.15) is 5.82 Å². The zero-order valence-electron chi connectivity index (χ0n) is 13.8. The Hall–Kier alpha value is -1.88. The molecule has 0 radical (unpaired) electrons. The summed E-state index contributed by atoms with van der Waals surface area (Å²) in [6.45, 7) is 4.86. The summed E-state index contributed by atoms with van der Waals surface area (Å²) in [6, 6.07) is 5.00. The van der Waals surface area contributed by atoms with Crippen molar-refractivity contribution < 1.29 is 13.9 Å². The normalized spacial score (nSPS) is 14.9. The zero-order valence-corrected chi connectivity index (χ0v) is 13.8. The molecule has 1 aliphatic rings. The van der Waals surface area contributed by atoms with Crippen LogP contribution < -0.4 is 0 Å². The van der Waals surface area contributed by atoms with E-state index in [0.717, 1.165) is 43.4 Å². The predicted octanol–water partition coefficient (Wildman–Crippen LogP) is 3.11. The summed E-state index contributed by atoms with van der Waals surface area (Å²) in [6.07, 6.45) is 2.12. The van der Waals surface area contributed by atoms with Crippen LogP contribution in [-0.2, 0) is 29.0 Å². The maximum Gasteiger partial charge on any atom is 0.305 e. The number of rotatable bonds is 5. The predicted molar refractivity (Wildman–Crippen MR) is 87.8 cm³/mol. The molecule has 23 heavy (non-hydrogen) atoms. The molecule has 1 aliphatic heterocycles. The van der Waals surface area contributed by atoms with Gasteiger partial charge in [0.25, 0.3) is 0 Å². The number of ether oxygens (including phenoxy) is 1. The molecule has 0 N–H and O–H groups in total. The van der Waals surface area contributed by atoms with Crippen molar-refractivity contribution in [3.63, 3.8) is 0 Å². The Labute approximate surface area is 135 Å². The Morgan fingerprint density at radius 3 is 3.00 bits per heavy atom. The van der Waals surface area contributed by atoms with Gasteiger partial charge in [-0.3, -0.25) is 4.79 Å². The highest BCUT2D eigenvalue weighted by Gasteiger charge is 2.22. The molecular formula is C18H23FN2O2. The maximum absolute atomic E-state index is 13.7. The lowest BCUT2D eigenvalue weighted by Gasteiger charge is -2.24. The number of benzene rings is 1. The molecule has 1 aromatic carbocycles. The quantitative estimate of drug-likeness (QED) is 0.795. The smallest absolute Gasteiger partial charge is 0.305 e. The van der Waals surface area contributed by atoms with Gasteiger partial charge in [0.15, 0.2) is 0 Å². The van der Waals surface area contributed by atoms with E-state index in [2.05, 4.69) is 16.5 Å².